The Labute approximate surface area is 188 Å². The Kier molecular flexibility index (Phi) is 7.67. The number of rotatable bonds is 8. The quantitative estimate of drug-likeness (QED) is 0.591. The van der Waals surface area contributed by atoms with Crippen molar-refractivity contribution in [3.05, 3.63) is 53.6 Å². The van der Waals surface area contributed by atoms with E-state index >= 15 is 0 Å². The van der Waals surface area contributed by atoms with Crippen LogP contribution in [0.15, 0.2) is 52.3 Å². The maximum Gasteiger partial charge on any atom is 0.243 e. The molecule has 1 saturated heterocycles. The first-order valence-corrected chi connectivity index (χ1v) is 13.1. The molecule has 1 heterocycles. The number of anilines is 1. The zero-order valence-corrected chi connectivity index (χ0v) is 19.6. The van der Waals surface area contributed by atoms with Crippen LogP contribution in [0.4, 0.5) is 5.69 Å². The van der Waals surface area contributed by atoms with Gasteiger partial charge in [0.05, 0.1) is 23.0 Å². The van der Waals surface area contributed by atoms with Gasteiger partial charge in [0.25, 0.3) is 0 Å². The third-order valence-corrected chi connectivity index (χ3v) is 8.51. The molecular weight excluding hydrogens is 454 g/mol. The first-order chi connectivity index (χ1) is 15.1. The van der Waals surface area contributed by atoms with Gasteiger partial charge in [0, 0.05) is 31.7 Å². The summed E-state index contributed by atoms with van der Waals surface area (Å²) in [6.45, 7) is 4.87. The number of carbonyl (C=O) groups excluding carboxylic acids is 1. The first kappa shape index (κ1) is 24.3. The second-order valence-corrected chi connectivity index (χ2v) is 11.2. The molecule has 11 heteroatoms. The van der Waals surface area contributed by atoms with E-state index in [1.807, 2.05) is 13.8 Å². The van der Waals surface area contributed by atoms with Crippen LogP contribution in [-0.2, 0) is 29.6 Å². The number of nitrogens with one attached hydrogen (secondary N) is 2. The molecule has 2 aromatic rings. The van der Waals surface area contributed by atoms with Crippen LogP contribution in [-0.4, -0.2) is 59.9 Å². The van der Waals surface area contributed by atoms with Crippen LogP contribution in [0, 0.1) is 13.8 Å². The van der Waals surface area contributed by atoms with Gasteiger partial charge >= 0.3 is 0 Å². The number of aryl methyl sites for hydroxylation is 2. The minimum atomic E-state index is -3.73. The Morgan fingerprint density at radius 2 is 1.69 bits per heavy atom. The average molecular weight is 482 g/mol. The summed E-state index contributed by atoms with van der Waals surface area (Å²) in [5.74, 6) is -0.436. The fourth-order valence-electron chi connectivity index (χ4n) is 3.16. The molecular formula is C21H27N3O6S2. The molecule has 0 aromatic heterocycles. The number of sulfonamides is 2. The van der Waals surface area contributed by atoms with Crippen molar-refractivity contribution in [1.82, 2.24) is 9.03 Å². The van der Waals surface area contributed by atoms with Gasteiger partial charge in [-0.1, -0.05) is 12.1 Å². The van der Waals surface area contributed by atoms with E-state index in [4.69, 9.17) is 4.74 Å². The van der Waals surface area contributed by atoms with Gasteiger partial charge in [-0.15, -0.1) is 0 Å². The van der Waals surface area contributed by atoms with Gasteiger partial charge in [0.1, 0.15) is 0 Å². The SMILES string of the molecule is Cc1ccc(S(=O)(=O)NCCC(=O)Nc2cccc(S(=O)(=O)N3CCOCC3)c2)cc1C. The lowest BCUT2D eigenvalue weighted by Crippen LogP contribution is -2.40. The second kappa shape index (κ2) is 10.1. The fraction of sp³-hybridized carbons (Fsp3) is 0.381. The van der Waals surface area contributed by atoms with Crippen molar-refractivity contribution >= 4 is 31.6 Å². The molecule has 174 valence electrons. The van der Waals surface area contributed by atoms with Crippen LogP contribution >= 0.6 is 0 Å². The minimum Gasteiger partial charge on any atom is -0.379 e. The Balaban J connectivity index is 1.58. The summed E-state index contributed by atoms with van der Waals surface area (Å²) in [6, 6.07) is 10.8. The van der Waals surface area contributed by atoms with E-state index in [1.165, 1.54) is 22.5 Å². The van der Waals surface area contributed by atoms with Crippen LogP contribution in [0.2, 0.25) is 0 Å². The van der Waals surface area contributed by atoms with Crippen LogP contribution in [0.5, 0.6) is 0 Å². The van der Waals surface area contributed by atoms with E-state index in [2.05, 4.69) is 10.0 Å². The van der Waals surface area contributed by atoms with Crippen LogP contribution in [0.1, 0.15) is 17.5 Å². The lowest BCUT2D eigenvalue weighted by atomic mass is 10.1. The highest BCUT2D eigenvalue weighted by Gasteiger charge is 2.26. The third kappa shape index (κ3) is 5.93. The number of ether oxygens (including phenoxy) is 1. The zero-order valence-electron chi connectivity index (χ0n) is 18.0. The van der Waals surface area contributed by atoms with E-state index in [0.717, 1.165) is 11.1 Å². The molecule has 3 rings (SSSR count). The highest BCUT2D eigenvalue weighted by molar-refractivity contribution is 7.89. The number of nitrogens with zero attached hydrogens (tertiary/aromatic N) is 1. The molecule has 9 nitrogen and oxygen atoms in total. The lowest BCUT2D eigenvalue weighted by molar-refractivity contribution is -0.116. The van der Waals surface area contributed by atoms with E-state index in [9.17, 15) is 21.6 Å². The van der Waals surface area contributed by atoms with Crippen molar-refractivity contribution < 1.29 is 26.4 Å². The molecule has 1 amide bonds. The van der Waals surface area contributed by atoms with Crippen LogP contribution < -0.4 is 10.0 Å². The molecule has 1 aliphatic rings. The smallest absolute Gasteiger partial charge is 0.243 e. The van der Waals surface area contributed by atoms with Gasteiger partial charge < -0.3 is 10.1 Å². The molecule has 2 N–H and O–H groups in total. The molecule has 0 bridgehead atoms. The number of hydrogen-bond donors (Lipinski definition) is 2. The van der Waals surface area contributed by atoms with Gasteiger partial charge in [-0.3, -0.25) is 4.79 Å². The van der Waals surface area contributed by atoms with Gasteiger partial charge in [-0.2, -0.15) is 4.31 Å². The molecule has 0 unspecified atom stereocenters. The molecule has 1 fully saturated rings. The van der Waals surface area contributed by atoms with E-state index in [0.29, 0.717) is 18.9 Å². The summed E-state index contributed by atoms with van der Waals surface area (Å²) >= 11 is 0. The molecule has 0 aliphatic carbocycles. The lowest BCUT2D eigenvalue weighted by Gasteiger charge is -2.26. The molecule has 0 radical (unpaired) electrons. The standard InChI is InChI=1S/C21H27N3O6S2/c1-16-6-7-19(14-17(16)2)31(26,27)22-9-8-21(25)23-18-4-3-5-20(15-18)32(28,29)24-10-12-30-13-11-24/h3-7,14-15,22H,8-13H2,1-2H3,(H,23,25). The Morgan fingerprint density at radius 1 is 0.969 bits per heavy atom. The molecule has 1 aliphatic heterocycles. The second-order valence-electron chi connectivity index (χ2n) is 7.49. The van der Waals surface area contributed by atoms with Crippen molar-refractivity contribution in [2.45, 2.75) is 30.1 Å². The zero-order chi connectivity index (χ0) is 23.4. The Morgan fingerprint density at radius 3 is 2.38 bits per heavy atom. The summed E-state index contributed by atoms with van der Waals surface area (Å²) in [6.07, 6.45) is -0.107. The third-order valence-electron chi connectivity index (χ3n) is 5.16. The number of amides is 1. The highest BCUT2D eigenvalue weighted by Crippen LogP contribution is 2.21. The molecule has 0 saturated carbocycles. The van der Waals surface area contributed by atoms with E-state index in [-0.39, 0.29) is 35.8 Å². The number of morpholine rings is 1. The number of hydrogen-bond acceptors (Lipinski definition) is 6. The van der Waals surface area contributed by atoms with Crippen molar-refractivity contribution in [2.24, 2.45) is 0 Å². The summed E-state index contributed by atoms with van der Waals surface area (Å²) in [4.78, 5) is 12.5. The van der Waals surface area contributed by atoms with E-state index in [1.54, 1.807) is 24.3 Å². The molecule has 0 spiro atoms. The first-order valence-electron chi connectivity index (χ1n) is 10.1. The predicted molar refractivity (Wildman–Crippen MR) is 120 cm³/mol. The van der Waals surface area contributed by atoms with Gasteiger partial charge in [-0.05, 0) is 55.3 Å². The topological polar surface area (TPSA) is 122 Å². The van der Waals surface area contributed by atoms with Crippen molar-refractivity contribution in [3.8, 4) is 0 Å². The Hall–Kier alpha value is -2.31. The number of carbonyl (C=O) groups is 1. The highest BCUT2D eigenvalue weighted by atomic mass is 32.2. The average Bonchev–Trinajstić information content (AvgIpc) is 2.76. The normalized spacial score (nSPS) is 15.4. The maximum absolute atomic E-state index is 12.8. The number of benzene rings is 2. The van der Waals surface area contributed by atoms with Gasteiger partial charge in [0.15, 0.2) is 0 Å². The molecule has 2 aromatic carbocycles. The largest absolute Gasteiger partial charge is 0.379 e. The van der Waals surface area contributed by atoms with E-state index < -0.39 is 26.0 Å². The molecule has 0 atom stereocenters. The Bertz CT molecular complexity index is 1190. The predicted octanol–water partition coefficient (Wildman–Crippen LogP) is 1.63. The van der Waals surface area contributed by atoms with Crippen LogP contribution in [0.3, 0.4) is 0 Å². The van der Waals surface area contributed by atoms with Crippen molar-refractivity contribution in [2.75, 3.05) is 38.2 Å². The monoisotopic (exact) mass is 481 g/mol. The van der Waals surface area contributed by atoms with Crippen molar-refractivity contribution in [1.29, 1.82) is 0 Å². The van der Waals surface area contributed by atoms with Crippen LogP contribution in [0.25, 0.3) is 0 Å². The summed E-state index contributed by atoms with van der Waals surface area (Å²) in [5.41, 5.74) is 2.17. The minimum absolute atomic E-state index is 0.0765. The molecule has 32 heavy (non-hydrogen) atoms. The maximum atomic E-state index is 12.8. The summed E-state index contributed by atoms with van der Waals surface area (Å²) in [7, 11) is -7.42. The van der Waals surface area contributed by atoms with Gasteiger partial charge in [-0.25, -0.2) is 21.6 Å². The fourth-order valence-corrected chi connectivity index (χ4v) is 5.73. The summed E-state index contributed by atoms with van der Waals surface area (Å²) in [5, 5.41) is 2.62. The van der Waals surface area contributed by atoms with Gasteiger partial charge in [0.2, 0.25) is 26.0 Å². The van der Waals surface area contributed by atoms with Crippen molar-refractivity contribution in [3.63, 3.8) is 0 Å². The summed E-state index contributed by atoms with van der Waals surface area (Å²) < 4.78 is 59.3.